The normalized spacial score (nSPS) is 10.5. The zero-order valence-electron chi connectivity index (χ0n) is 14.5. The molecule has 1 N–H and O–H groups in total. The van der Waals surface area contributed by atoms with E-state index in [0.717, 1.165) is 21.3 Å². The average molecular weight is 407 g/mol. The molecular weight excluding hydrogens is 384 g/mol. The lowest BCUT2D eigenvalue weighted by molar-refractivity contribution is 0.0617. The van der Waals surface area contributed by atoms with Gasteiger partial charge < -0.3 is 19.7 Å². The molecule has 6 heteroatoms. The van der Waals surface area contributed by atoms with E-state index < -0.39 is 0 Å². The molecule has 0 spiro atoms. The Balaban J connectivity index is 1.90. The van der Waals surface area contributed by atoms with Crippen LogP contribution < -0.4 is 5.32 Å². The third-order valence-electron chi connectivity index (χ3n) is 3.59. The first-order valence-corrected chi connectivity index (χ1v) is 8.80. The van der Waals surface area contributed by atoms with Crippen molar-refractivity contribution in [2.75, 3.05) is 32.7 Å². The molecule has 2 rings (SSSR count). The van der Waals surface area contributed by atoms with Gasteiger partial charge in [0.15, 0.2) is 0 Å². The maximum atomic E-state index is 12.4. The predicted octanol–water partition coefficient (Wildman–Crippen LogP) is 4.28. The SMILES string of the molecule is COCCOCc1cccc(NC(=O)N(C)Cc2ccccc2Br)c1. The highest BCUT2D eigenvalue weighted by atomic mass is 79.9. The third kappa shape index (κ3) is 6.49. The van der Waals surface area contributed by atoms with Crippen molar-refractivity contribution in [2.24, 2.45) is 0 Å². The molecule has 0 bridgehead atoms. The van der Waals surface area contributed by atoms with Crippen LogP contribution in [0.5, 0.6) is 0 Å². The molecule has 0 aliphatic carbocycles. The molecule has 0 unspecified atom stereocenters. The molecule has 0 aliphatic rings. The molecule has 0 aliphatic heterocycles. The largest absolute Gasteiger partial charge is 0.382 e. The summed E-state index contributed by atoms with van der Waals surface area (Å²) in [5.41, 5.74) is 2.81. The Bertz CT molecular complexity index is 694. The number of anilines is 1. The van der Waals surface area contributed by atoms with E-state index in [-0.39, 0.29) is 6.03 Å². The van der Waals surface area contributed by atoms with Crippen LogP contribution in [0.2, 0.25) is 0 Å². The summed E-state index contributed by atoms with van der Waals surface area (Å²) in [7, 11) is 3.41. The topological polar surface area (TPSA) is 50.8 Å². The highest BCUT2D eigenvalue weighted by molar-refractivity contribution is 9.10. The summed E-state index contributed by atoms with van der Waals surface area (Å²) in [6, 6.07) is 15.4. The lowest BCUT2D eigenvalue weighted by atomic mass is 10.2. The van der Waals surface area contributed by atoms with Crippen molar-refractivity contribution in [3.63, 3.8) is 0 Å². The summed E-state index contributed by atoms with van der Waals surface area (Å²) in [4.78, 5) is 14.0. The Morgan fingerprint density at radius 2 is 1.96 bits per heavy atom. The lowest BCUT2D eigenvalue weighted by Crippen LogP contribution is -2.31. The van der Waals surface area contributed by atoms with E-state index in [4.69, 9.17) is 9.47 Å². The Kier molecular flexibility index (Phi) is 7.91. The molecule has 0 atom stereocenters. The average Bonchev–Trinajstić information content (AvgIpc) is 2.61. The van der Waals surface area contributed by atoms with E-state index in [1.54, 1.807) is 19.1 Å². The molecule has 5 nitrogen and oxygen atoms in total. The van der Waals surface area contributed by atoms with Crippen LogP contribution in [0.15, 0.2) is 53.0 Å². The van der Waals surface area contributed by atoms with Gasteiger partial charge in [-0.3, -0.25) is 0 Å². The minimum atomic E-state index is -0.159. The van der Waals surface area contributed by atoms with Crippen LogP contribution in [0.1, 0.15) is 11.1 Å². The van der Waals surface area contributed by atoms with Gasteiger partial charge in [0.25, 0.3) is 0 Å². The van der Waals surface area contributed by atoms with Crippen LogP contribution in [-0.2, 0) is 22.6 Å². The van der Waals surface area contributed by atoms with Gasteiger partial charge in [-0.05, 0) is 29.3 Å². The fourth-order valence-electron chi connectivity index (χ4n) is 2.24. The van der Waals surface area contributed by atoms with Crippen LogP contribution in [0, 0.1) is 0 Å². The van der Waals surface area contributed by atoms with Gasteiger partial charge in [-0.25, -0.2) is 4.79 Å². The number of benzene rings is 2. The van der Waals surface area contributed by atoms with Crippen LogP contribution in [0.3, 0.4) is 0 Å². The zero-order chi connectivity index (χ0) is 18.1. The van der Waals surface area contributed by atoms with Crippen LogP contribution in [0.25, 0.3) is 0 Å². The number of rotatable bonds is 8. The summed E-state index contributed by atoms with van der Waals surface area (Å²) < 4.78 is 11.4. The number of carbonyl (C=O) groups is 1. The lowest BCUT2D eigenvalue weighted by Gasteiger charge is -2.19. The molecular formula is C19H23BrN2O3. The summed E-state index contributed by atoms with van der Waals surface area (Å²) in [5, 5.41) is 2.91. The first-order valence-electron chi connectivity index (χ1n) is 8.01. The van der Waals surface area contributed by atoms with Crippen molar-refractivity contribution >= 4 is 27.6 Å². The van der Waals surface area contributed by atoms with Gasteiger partial charge in [-0.15, -0.1) is 0 Å². The third-order valence-corrected chi connectivity index (χ3v) is 4.36. The van der Waals surface area contributed by atoms with E-state index in [0.29, 0.717) is 26.4 Å². The molecule has 0 heterocycles. The summed E-state index contributed by atoms with van der Waals surface area (Å²) in [6.45, 7) is 2.12. The van der Waals surface area contributed by atoms with E-state index in [1.807, 2.05) is 48.5 Å². The van der Waals surface area contributed by atoms with Crippen LogP contribution >= 0.6 is 15.9 Å². The quantitative estimate of drug-likeness (QED) is 0.665. The van der Waals surface area contributed by atoms with Crippen molar-refractivity contribution in [1.29, 1.82) is 0 Å². The van der Waals surface area contributed by atoms with E-state index >= 15 is 0 Å². The Morgan fingerprint density at radius 3 is 2.72 bits per heavy atom. The fourth-order valence-corrected chi connectivity index (χ4v) is 2.65. The van der Waals surface area contributed by atoms with Crippen molar-refractivity contribution in [3.05, 3.63) is 64.1 Å². The number of amides is 2. The number of carbonyl (C=O) groups excluding carboxylic acids is 1. The molecule has 25 heavy (non-hydrogen) atoms. The fraction of sp³-hybridized carbons (Fsp3) is 0.316. The number of urea groups is 1. The van der Waals surface area contributed by atoms with E-state index in [2.05, 4.69) is 21.2 Å². The van der Waals surface area contributed by atoms with Gasteiger partial charge in [0, 0.05) is 30.9 Å². The second kappa shape index (κ2) is 10.2. The first kappa shape index (κ1) is 19.4. The second-order valence-electron chi connectivity index (χ2n) is 5.62. The summed E-state index contributed by atoms with van der Waals surface area (Å²) >= 11 is 3.50. The van der Waals surface area contributed by atoms with Crippen molar-refractivity contribution in [3.8, 4) is 0 Å². The molecule has 0 fully saturated rings. The number of nitrogens with zero attached hydrogens (tertiary/aromatic N) is 1. The minimum absolute atomic E-state index is 0.159. The first-order chi connectivity index (χ1) is 12.1. The van der Waals surface area contributed by atoms with Crippen molar-refractivity contribution < 1.29 is 14.3 Å². The highest BCUT2D eigenvalue weighted by Gasteiger charge is 2.11. The Hall–Kier alpha value is -1.89. The summed E-state index contributed by atoms with van der Waals surface area (Å²) in [5.74, 6) is 0. The molecule has 2 aromatic rings. The zero-order valence-corrected chi connectivity index (χ0v) is 16.1. The number of hydrogen-bond acceptors (Lipinski definition) is 3. The monoisotopic (exact) mass is 406 g/mol. The second-order valence-corrected chi connectivity index (χ2v) is 6.48. The number of methoxy groups -OCH3 is 1. The van der Waals surface area contributed by atoms with Gasteiger partial charge in [0.05, 0.1) is 19.8 Å². The standard InChI is InChI=1S/C19H23BrN2O3/c1-22(13-16-7-3-4-9-18(16)20)19(23)21-17-8-5-6-15(12-17)14-25-11-10-24-2/h3-9,12H,10-11,13-14H2,1-2H3,(H,21,23). The molecule has 0 radical (unpaired) electrons. The van der Waals surface area contributed by atoms with Crippen LogP contribution in [-0.4, -0.2) is 38.3 Å². The molecule has 2 amide bonds. The molecule has 0 aromatic heterocycles. The Labute approximate surface area is 157 Å². The van der Waals surface area contributed by atoms with Gasteiger partial charge in [0.1, 0.15) is 0 Å². The van der Waals surface area contributed by atoms with Gasteiger partial charge in [0.2, 0.25) is 0 Å². The molecule has 0 saturated carbocycles. The number of halogens is 1. The smallest absolute Gasteiger partial charge is 0.321 e. The van der Waals surface area contributed by atoms with E-state index in [1.165, 1.54) is 0 Å². The predicted molar refractivity (Wildman–Crippen MR) is 103 cm³/mol. The maximum Gasteiger partial charge on any atom is 0.321 e. The van der Waals surface area contributed by atoms with Gasteiger partial charge in [-0.2, -0.15) is 0 Å². The Morgan fingerprint density at radius 1 is 1.16 bits per heavy atom. The maximum absolute atomic E-state index is 12.4. The molecule has 2 aromatic carbocycles. The number of hydrogen-bond donors (Lipinski definition) is 1. The number of nitrogens with one attached hydrogen (secondary N) is 1. The van der Waals surface area contributed by atoms with Gasteiger partial charge in [-0.1, -0.05) is 46.3 Å². The minimum Gasteiger partial charge on any atom is -0.382 e. The van der Waals surface area contributed by atoms with Crippen molar-refractivity contribution in [2.45, 2.75) is 13.2 Å². The van der Waals surface area contributed by atoms with Crippen LogP contribution in [0.4, 0.5) is 10.5 Å². The van der Waals surface area contributed by atoms with Crippen molar-refractivity contribution in [1.82, 2.24) is 4.90 Å². The molecule has 0 saturated heterocycles. The number of ether oxygens (including phenoxy) is 2. The highest BCUT2D eigenvalue weighted by Crippen LogP contribution is 2.18. The summed E-state index contributed by atoms with van der Waals surface area (Å²) in [6.07, 6.45) is 0. The molecule has 134 valence electrons. The van der Waals surface area contributed by atoms with Gasteiger partial charge >= 0.3 is 6.03 Å². The van der Waals surface area contributed by atoms with E-state index in [9.17, 15) is 4.79 Å².